The van der Waals surface area contributed by atoms with E-state index in [1.165, 1.54) is 6.07 Å². The molecule has 0 heterocycles. The van der Waals surface area contributed by atoms with E-state index in [0.717, 1.165) is 12.1 Å². The molecule has 0 atom stereocenters. The van der Waals surface area contributed by atoms with Gasteiger partial charge >= 0.3 is 6.18 Å². The highest BCUT2D eigenvalue weighted by molar-refractivity contribution is 5.76. The van der Waals surface area contributed by atoms with Gasteiger partial charge in [0.1, 0.15) is 0 Å². The van der Waals surface area contributed by atoms with Crippen LogP contribution in [-0.4, -0.2) is 5.91 Å². The van der Waals surface area contributed by atoms with E-state index in [2.05, 4.69) is 17.3 Å². The molecule has 0 aliphatic carbocycles. The molecule has 4 nitrogen and oxygen atoms in total. The first-order chi connectivity index (χ1) is 8.34. The predicted octanol–water partition coefficient (Wildman–Crippen LogP) is 1.22. The summed E-state index contributed by atoms with van der Waals surface area (Å²) < 4.78 is 37.3. The first kappa shape index (κ1) is 13.9. The Morgan fingerprint density at radius 1 is 1.39 bits per heavy atom. The van der Waals surface area contributed by atoms with E-state index in [9.17, 15) is 18.0 Å². The molecule has 1 aromatic rings. The Bertz CT molecular complexity index is 514. The van der Waals surface area contributed by atoms with Crippen molar-refractivity contribution in [2.75, 3.05) is 5.43 Å². The quantitative estimate of drug-likeness (QED) is 0.423. The molecule has 0 radical (unpaired) electrons. The fourth-order valence-corrected chi connectivity index (χ4v) is 1.18. The number of benzene rings is 1. The molecule has 0 fully saturated rings. The van der Waals surface area contributed by atoms with Crippen LogP contribution in [0.3, 0.4) is 0 Å². The van der Waals surface area contributed by atoms with Crippen molar-refractivity contribution in [1.82, 2.24) is 0 Å². The van der Waals surface area contributed by atoms with Crippen molar-refractivity contribution < 1.29 is 18.0 Å². The molecule has 0 aliphatic heterocycles. The standard InChI is InChI=1S/C11H10F3N3O/c12-11(13,14)8-5-4-7(9(6-8)17-16)2-1-3-10(15)18/h4-6,17H,3,16H2,(H2,15,18). The van der Waals surface area contributed by atoms with Crippen molar-refractivity contribution in [3.05, 3.63) is 29.3 Å². The third-order valence-corrected chi connectivity index (χ3v) is 1.99. The topological polar surface area (TPSA) is 81.1 Å². The lowest BCUT2D eigenvalue weighted by molar-refractivity contribution is -0.137. The summed E-state index contributed by atoms with van der Waals surface area (Å²) in [5, 5.41) is 0. The van der Waals surface area contributed by atoms with Crippen LogP contribution >= 0.6 is 0 Å². The number of rotatable bonds is 2. The fourth-order valence-electron chi connectivity index (χ4n) is 1.18. The first-order valence-corrected chi connectivity index (χ1v) is 4.79. The van der Waals surface area contributed by atoms with Gasteiger partial charge in [-0.15, -0.1) is 0 Å². The Kier molecular flexibility index (Phi) is 4.18. The second-order valence-corrected chi connectivity index (χ2v) is 3.35. The summed E-state index contributed by atoms with van der Waals surface area (Å²) in [6, 6.07) is 2.90. The summed E-state index contributed by atoms with van der Waals surface area (Å²) in [5.41, 5.74) is 6.45. The highest BCUT2D eigenvalue weighted by Crippen LogP contribution is 2.31. The van der Waals surface area contributed by atoms with Gasteiger partial charge < -0.3 is 11.2 Å². The molecule has 0 aliphatic rings. The highest BCUT2D eigenvalue weighted by atomic mass is 19.4. The van der Waals surface area contributed by atoms with Crippen LogP contribution in [0, 0.1) is 11.8 Å². The molecule has 96 valence electrons. The van der Waals surface area contributed by atoms with Gasteiger partial charge in [0.15, 0.2) is 0 Å². The summed E-state index contributed by atoms with van der Waals surface area (Å²) in [4.78, 5) is 10.5. The minimum Gasteiger partial charge on any atom is -0.369 e. The second-order valence-electron chi connectivity index (χ2n) is 3.35. The lowest BCUT2D eigenvalue weighted by Gasteiger charge is -2.10. The zero-order valence-electron chi connectivity index (χ0n) is 9.14. The molecule has 0 unspecified atom stereocenters. The van der Waals surface area contributed by atoms with Gasteiger partial charge in [0.25, 0.3) is 0 Å². The maximum atomic E-state index is 12.4. The zero-order valence-corrected chi connectivity index (χ0v) is 9.14. The van der Waals surface area contributed by atoms with Crippen molar-refractivity contribution in [1.29, 1.82) is 0 Å². The number of carbonyl (C=O) groups is 1. The summed E-state index contributed by atoms with van der Waals surface area (Å²) in [6.07, 6.45) is -4.63. The first-order valence-electron chi connectivity index (χ1n) is 4.79. The minimum atomic E-state index is -4.45. The molecule has 1 aromatic carbocycles. The number of hydrogen-bond acceptors (Lipinski definition) is 3. The maximum Gasteiger partial charge on any atom is 0.416 e. The average molecular weight is 257 g/mol. The number of nitrogen functional groups attached to an aromatic ring is 1. The lowest BCUT2D eigenvalue weighted by Crippen LogP contribution is -2.11. The third-order valence-electron chi connectivity index (χ3n) is 1.99. The summed E-state index contributed by atoms with van der Waals surface area (Å²) in [5.74, 6) is 9.45. The number of amides is 1. The minimum absolute atomic E-state index is 0.0294. The normalized spacial score (nSPS) is 10.4. The van der Waals surface area contributed by atoms with Gasteiger partial charge in [0.05, 0.1) is 17.7 Å². The molecule has 18 heavy (non-hydrogen) atoms. The third kappa shape index (κ3) is 3.68. The summed E-state index contributed by atoms with van der Waals surface area (Å²) in [6.45, 7) is 0. The summed E-state index contributed by atoms with van der Waals surface area (Å²) >= 11 is 0. The molecule has 0 saturated heterocycles. The van der Waals surface area contributed by atoms with Crippen LogP contribution < -0.4 is 17.0 Å². The molecule has 1 amide bonds. The van der Waals surface area contributed by atoms with Crippen LogP contribution in [0.2, 0.25) is 0 Å². The largest absolute Gasteiger partial charge is 0.416 e. The predicted molar refractivity (Wildman–Crippen MR) is 59.9 cm³/mol. The molecule has 7 heteroatoms. The maximum absolute atomic E-state index is 12.4. The van der Waals surface area contributed by atoms with E-state index in [1.807, 2.05) is 0 Å². The van der Waals surface area contributed by atoms with E-state index >= 15 is 0 Å². The van der Waals surface area contributed by atoms with Crippen LogP contribution in [0.1, 0.15) is 17.5 Å². The molecular weight excluding hydrogens is 247 g/mol. The number of hydrogen-bond donors (Lipinski definition) is 3. The van der Waals surface area contributed by atoms with E-state index in [4.69, 9.17) is 11.6 Å². The molecule has 0 aromatic heterocycles. The number of carbonyl (C=O) groups excluding carboxylic acids is 1. The summed E-state index contributed by atoms with van der Waals surface area (Å²) in [7, 11) is 0. The number of nitrogens with one attached hydrogen (secondary N) is 1. The van der Waals surface area contributed by atoms with Crippen molar-refractivity contribution >= 4 is 11.6 Å². The Labute approximate surface area is 101 Å². The van der Waals surface area contributed by atoms with E-state index in [0.29, 0.717) is 0 Å². The smallest absolute Gasteiger partial charge is 0.369 e. The molecule has 1 rings (SSSR count). The number of anilines is 1. The van der Waals surface area contributed by atoms with Gasteiger partial charge in [-0.05, 0) is 18.2 Å². The van der Waals surface area contributed by atoms with Gasteiger partial charge in [-0.1, -0.05) is 11.8 Å². The Morgan fingerprint density at radius 2 is 2.06 bits per heavy atom. The fraction of sp³-hybridized carbons (Fsp3) is 0.182. The van der Waals surface area contributed by atoms with Gasteiger partial charge in [0.2, 0.25) is 5.91 Å². The number of hydrazine groups is 1. The molecule has 0 bridgehead atoms. The van der Waals surface area contributed by atoms with E-state index in [-0.39, 0.29) is 17.7 Å². The lowest BCUT2D eigenvalue weighted by atomic mass is 10.1. The van der Waals surface area contributed by atoms with Gasteiger partial charge in [-0.25, -0.2) is 0 Å². The SMILES string of the molecule is NNc1cc(C(F)(F)F)ccc1C#CCC(N)=O. The Morgan fingerprint density at radius 3 is 2.56 bits per heavy atom. The van der Waals surface area contributed by atoms with Crippen molar-refractivity contribution in [2.24, 2.45) is 11.6 Å². The molecule has 0 spiro atoms. The van der Waals surface area contributed by atoms with Crippen LogP contribution in [0.15, 0.2) is 18.2 Å². The van der Waals surface area contributed by atoms with Crippen LogP contribution in [0.5, 0.6) is 0 Å². The number of alkyl halides is 3. The number of nitrogens with two attached hydrogens (primary N) is 2. The van der Waals surface area contributed by atoms with E-state index < -0.39 is 17.6 Å². The average Bonchev–Trinajstić information content (AvgIpc) is 2.27. The number of halogens is 3. The van der Waals surface area contributed by atoms with Gasteiger partial charge in [-0.2, -0.15) is 13.2 Å². The monoisotopic (exact) mass is 257 g/mol. The Hall–Kier alpha value is -2.20. The van der Waals surface area contributed by atoms with Crippen LogP contribution in [0.25, 0.3) is 0 Å². The van der Waals surface area contributed by atoms with Gasteiger partial charge in [0, 0.05) is 5.56 Å². The van der Waals surface area contributed by atoms with Crippen molar-refractivity contribution in [3.63, 3.8) is 0 Å². The van der Waals surface area contributed by atoms with E-state index in [1.54, 1.807) is 0 Å². The van der Waals surface area contributed by atoms with Crippen LogP contribution in [0.4, 0.5) is 18.9 Å². The molecular formula is C11H10F3N3O. The number of primary amides is 1. The van der Waals surface area contributed by atoms with Crippen molar-refractivity contribution in [3.8, 4) is 11.8 Å². The van der Waals surface area contributed by atoms with Crippen LogP contribution in [-0.2, 0) is 11.0 Å². The second kappa shape index (κ2) is 5.42. The van der Waals surface area contributed by atoms with Crippen molar-refractivity contribution in [2.45, 2.75) is 12.6 Å². The van der Waals surface area contributed by atoms with Gasteiger partial charge in [-0.3, -0.25) is 10.6 Å². The zero-order chi connectivity index (χ0) is 13.8. The highest BCUT2D eigenvalue weighted by Gasteiger charge is 2.30. The molecule has 0 saturated carbocycles. The Balaban J connectivity index is 3.07. The molecule has 5 N–H and O–H groups in total.